The molecule has 0 saturated carbocycles. The van der Waals surface area contributed by atoms with Crippen LogP contribution in [0.15, 0.2) is 35.2 Å². The second-order valence-electron chi connectivity index (χ2n) is 8.22. The lowest BCUT2D eigenvalue weighted by atomic mass is 9.97. The molecule has 1 aromatic rings. The molecule has 0 bridgehead atoms. The Bertz CT molecular complexity index is 554. The monoisotopic (exact) mass is 394 g/mol. The SMILES string of the molecule is CC(C)(C)OC(=O)N[C@H](CCN1CCC(CO)CC1)CSc1ccccc1. The van der Waals surface area contributed by atoms with Gasteiger partial charge in [0, 0.05) is 29.8 Å². The number of aliphatic hydroxyl groups is 1. The average Bonchev–Trinajstić information content (AvgIpc) is 2.63. The maximum Gasteiger partial charge on any atom is 0.407 e. The molecule has 1 saturated heterocycles. The van der Waals surface area contributed by atoms with Crippen molar-refractivity contribution in [3.63, 3.8) is 0 Å². The smallest absolute Gasteiger partial charge is 0.407 e. The zero-order valence-corrected chi connectivity index (χ0v) is 17.6. The Balaban J connectivity index is 1.85. The summed E-state index contributed by atoms with van der Waals surface area (Å²) in [6.07, 6.45) is 2.65. The van der Waals surface area contributed by atoms with Gasteiger partial charge >= 0.3 is 6.09 Å². The van der Waals surface area contributed by atoms with Gasteiger partial charge in [-0.1, -0.05) is 18.2 Å². The zero-order chi connectivity index (χ0) is 19.7. The number of thioether (sulfide) groups is 1. The molecule has 1 aliphatic rings. The standard InChI is InChI=1S/C21H34N2O3S/c1-21(2,3)26-20(25)22-18(16-27-19-7-5-4-6-8-19)11-14-23-12-9-17(15-24)10-13-23/h4-8,17-18,24H,9-16H2,1-3H3,(H,22,25)/t18-/m1/s1. The van der Waals surface area contributed by atoms with Crippen molar-refractivity contribution in [3.8, 4) is 0 Å². The number of hydrogen-bond donors (Lipinski definition) is 2. The van der Waals surface area contributed by atoms with Gasteiger partial charge in [0.1, 0.15) is 5.60 Å². The largest absolute Gasteiger partial charge is 0.444 e. The summed E-state index contributed by atoms with van der Waals surface area (Å²) in [6.45, 7) is 8.94. The van der Waals surface area contributed by atoms with Crippen molar-refractivity contribution in [2.45, 2.75) is 56.6 Å². The molecule has 1 aliphatic heterocycles. The van der Waals surface area contributed by atoms with E-state index in [9.17, 15) is 9.90 Å². The van der Waals surface area contributed by atoms with Gasteiger partial charge in [-0.25, -0.2) is 4.79 Å². The average molecular weight is 395 g/mol. The molecule has 0 radical (unpaired) electrons. The van der Waals surface area contributed by atoms with Gasteiger partial charge in [0.25, 0.3) is 0 Å². The molecule has 152 valence electrons. The van der Waals surface area contributed by atoms with Crippen LogP contribution in [0.3, 0.4) is 0 Å². The highest BCUT2D eigenvalue weighted by Crippen LogP contribution is 2.21. The molecule has 2 rings (SSSR count). The van der Waals surface area contributed by atoms with Gasteiger partial charge in [0.2, 0.25) is 0 Å². The molecule has 5 nitrogen and oxygen atoms in total. The molecule has 1 aromatic carbocycles. The molecule has 1 fully saturated rings. The highest BCUT2D eigenvalue weighted by atomic mass is 32.2. The second-order valence-corrected chi connectivity index (χ2v) is 9.32. The number of nitrogens with zero attached hydrogens (tertiary/aromatic N) is 1. The summed E-state index contributed by atoms with van der Waals surface area (Å²) in [7, 11) is 0. The van der Waals surface area contributed by atoms with Crippen LogP contribution in [-0.2, 0) is 4.74 Å². The zero-order valence-electron chi connectivity index (χ0n) is 16.8. The summed E-state index contributed by atoms with van der Waals surface area (Å²) in [6, 6.07) is 10.3. The minimum absolute atomic E-state index is 0.0561. The summed E-state index contributed by atoms with van der Waals surface area (Å²) in [4.78, 5) is 15.9. The van der Waals surface area contributed by atoms with Crippen molar-refractivity contribution in [1.82, 2.24) is 10.2 Å². The quantitative estimate of drug-likeness (QED) is 0.657. The number of amides is 1. The third-order valence-corrected chi connectivity index (χ3v) is 5.85. The van der Waals surface area contributed by atoms with E-state index in [0.717, 1.165) is 44.6 Å². The van der Waals surface area contributed by atoms with E-state index in [-0.39, 0.29) is 12.1 Å². The molecule has 0 aromatic heterocycles. The Kier molecular flexibility index (Phi) is 8.93. The second kappa shape index (κ2) is 10.9. The van der Waals surface area contributed by atoms with E-state index in [1.807, 2.05) is 39.0 Å². The van der Waals surface area contributed by atoms with E-state index < -0.39 is 5.60 Å². The molecule has 0 spiro atoms. The third kappa shape index (κ3) is 9.00. The number of aliphatic hydroxyl groups excluding tert-OH is 1. The number of carbonyl (C=O) groups excluding carboxylic acids is 1. The van der Waals surface area contributed by atoms with Gasteiger partial charge < -0.3 is 20.1 Å². The van der Waals surface area contributed by atoms with E-state index in [1.54, 1.807) is 11.8 Å². The van der Waals surface area contributed by atoms with E-state index in [2.05, 4.69) is 22.3 Å². The fourth-order valence-corrected chi connectivity index (χ4v) is 4.11. The lowest BCUT2D eigenvalue weighted by molar-refractivity contribution is 0.0502. The van der Waals surface area contributed by atoms with E-state index in [4.69, 9.17) is 4.74 Å². The van der Waals surface area contributed by atoms with Crippen molar-refractivity contribution in [3.05, 3.63) is 30.3 Å². The Morgan fingerprint density at radius 3 is 2.56 bits per heavy atom. The summed E-state index contributed by atoms with van der Waals surface area (Å²) >= 11 is 1.76. The number of likely N-dealkylation sites (tertiary alicyclic amines) is 1. The molecular formula is C21H34N2O3S. The predicted octanol–water partition coefficient (Wildman–Crippen LogP) is 3.77. The van der Waals surface area contributed by atoms with Gasteiger partial charge in [-0.2, -0.15) is 0 Å². The Morgan fingerprint density at radius 1 is 1.30 bits per heavy atom. The van der Waals surface area contributed by atoms with Crippen LogP contribution in [0, 0.1) is 5.92 Å². The number of nitrogens with one attached hydrogen (secondary N) is 1. The van der Waals surface area contributed by atoms with Crippen LogP contribution in [0.4, 0.5) is 4.79 Å². The number of benzene rings is 1. The molecule has 0 aliphatic carbocycles. The molecule has 1 atom stereocenters. The summed E-state index contributed by atoms with van der Waals surface area (Å²) < 4.78 is 5.44. The molecule has 1 heterocycles. The summed E-state index contributed by atoms with van der Waals surface area (Å²) in [5.41, 5.74) is -0.493. The van der Waals surface area contributed by atoms with Gasteiger partial charge in [-0.3, -0.25) is 0 Å². The fourth-order valence-electron chi connectivity index (χ4n) is 3.12. The minimum Gasteiger partial charge on any atom is -0.444 e. The van der Waals surface area contributed by atoms with Crippen molar-refractivity contribution < 1.29 is 14.6 Å². The van der Waals surface area contributed by atoms with Crippen LogP contribution in [-0.4, -0.2) is 59.7 Å². The number of rotatable bonds is 8. The van der Waals surface area contributed by atoms with Gasteiger partial charge in [0.05, 0.1) is 0 Å². The van der Waals surface area contributed by atoms with Gasteiger partial charge in [0.15, 0.2) is 0 Å². The van der Waals surface area contributed by atoms with Crippen LogP contribution in [0.2, 0.25) is 0 Å². The van der Waals surface area contributed by atoms with Crippen molar-refractivity contribution in [1.29, 1.82) is 0 Å². The first-order chi connectivity index (χ1) is 12.9. The Morgan fingerprint density at radius 2 is 1.96 bits per heavy atom. The topological polar surface area (TPSA) is 61.8 Å². The maximum absolute atomic E-state index is 12.2. The summed E-state index contributed by atoms with van der Waals surface area (Å²) in [5.74, 6) is 1.27. The number of hydrogen-bond acceptors (Lipinski definition) is 5. The van der Waals surface area contributed by atoms with Crippen LogP contribution < -0.4 is 5.32 Å². The molecule has 27 heavy (non-hydrogen) atoms. The molecule has 6 heteroatoms. The van der Waals surface area contributed by atoms with Crippen LogP contribution in [0.25, 0.3) is 0 Å². The Hall–Kier alpha value is -1.24. The van der Waals surface area contributed by atoms with Crippen LogP contribution in [0.5, 0.6) is 0 Å². The molecule has 1 amide bonds. The fraction of sp³-hybridized carbons (Fsp3) is 0.667. The van der Waals surface area contributed by atoms with Crippen LogP contribution >= 0.6 is 11.8 Å². The molecule has 2 N–H and O–H groups in total. The first-order valence-corrected chi connectivity index (χ1v) is 10.8. The first-order valence-electron chi connectivity index (χ1n) is 9.86. The molecule has 0 unspecified atom stereocenters. The minimum atomic E-state index is -0.493. The highest BCUT2D eigenvalue weighted by molar-refractivity contribution is 7.99. The normalized spacial score (nSPS) is 17.5. The predicted molar refractivity (Wildman–Crippen MR) is 111 cm³/mol. The van der Waals surface area contributed by atoms with Crippen LogP contribution in [0.1, 0.15) is 40.0 Å². The van der Waals surface area contributed by atoms with E-state index in [1.165, 1.54) is 4.90 Å². The maximum atomic E-state index is 12.2. The first kappa shape index (κ1) is 22.1. The lowest BCUT2D eigenvalue weighted by Crippen LogP contribution is -2.43. The third-order valence-electron chi connectivity index (χ3n) is 4.67. The molecular weight excluding hydrogens is 360 g/mol. The van der Waals surface area contributed by atoms with Crippen molar-refractivity contribution in [2.75, 3.05) is 32.0 Å². The highest BCUT2D eigenvalue weighted by Gasteiger charge is 2.22. The summed E-state index contributed by atoms with van der Waals surface area (Å²) in [5, 5.41) is 12.3. The van der Waals surface area contributed by atoms with Gasteiger partial charge in [-0.05, 0) is 71.2 Å². The van der Waals surface area contributed by atoms with Gasteiger partial charge in [-0.15, -0.1) is 11.8 Å². The number of piperidine rings is 1. The Labute approximate surface area is 167 Å². The van der Waals surface area contributed by atoms with E-state index in [0.29, 0.717) is 12.5 Å². The number of carbonyl (C=O) groups is 1. The lowest BCUT2D eigenvalue weighted by Gasteiger charge is -2.32. The number of ether oxygens (including phenoxy) is 1. The number of alkyl carbamates (subject to hydrolysis) is 1. The van der Waals surface area contributed by atoms with Crippen molar-refractivity contribution >= 4 is 17.9 Å². The van der Waals surface area contributed by atoms with E-state index >= 15 is 0 Å². The van der Waals surface area contributed by atoms with Crippen molar-refractivity contribution in [2.24, 2.45) is 5.92 Å².